The van der Waals surface area contributed by atoms with Crippen LogP contribution in [0.15, 0.2) is 0 Å². The van der Waals surface area contributed by atoms with Gasteiger partial charge in [0.15, 0.2) is 0 Å². The summed E-state index contributed by atoms with van der Waals surface area (Å²) in [5, 5.41) is 3.16. The van der Waals surface area contributed by atoms with Crippen LogP contribution in [-0.2, 0) is 9.53 Å². The van der Waals surface area contributed by atoms with Gasteiger partial charge in [-0.1, -0.05) is 26.2 Å². The van der Waals surface area contributed by atoms with E-state index in [-0.39, 0.29) is 5.91 Å². The Balaban J connectivity index is 2.25. The summed E-state index contributed by atoms with van der Waals surface area (Å²) in [6, 6.07) is 0.410. The largest absolute Gasteiger partial charge is 0.381 e. The van der Waals surface area contributed by atoms with Crippen LogP contribution in [0, 0.1) is 5.92 Å². The van der Waals surface area contributed by atoms with Gasteiger partial charge in [-0.05, 0) is 25.7 Å². The summed E-state index contributed by atoms with van der Waals surface area (Å²) in [5.41, 5.74) is 0. The van der Waals surface area contributed by atoms with Crippen molar-refractivity contribution in [2.24, 2.45) is 5.92 Å². The summed E-state index contributed by atoms with van der Waals surface area (Å²) in [6.07, 6.45) is 6.68. The molecule has 1 amide bonds. The van der Waals surface area contributed by atoms with Crippen molar-refractivity contribution in [2.45, 2.75) is 58.4 Å². The minimum absolute atomic E-state index is 0.152. The van der Waals surface area contributed by atoms with Crippen LogP contribution in [0.2, 0.25) is 0 Å². The molecule has 1 saturated carbocycles. The van der Waals surface area contributed by atoms with Crippen molar-refractivity contribution in [1.29, 1.82) is 0 Å². The van der Waals surface area contributed by atoms with E-state index < -0.39 is 0 Å². The van der Waals surface area contributed by atoms with E-state index >= 15 is 0 Å². The molecule has 1 rings (SSSR count). The van der Waals surface area contributed by atoms with Gasteiger partial charge in [0.05, 0.1) is 6.61 Å². The molecule has 1 aliphatic rings. The van der Waals surface area contributed by atoms with Crippen molar-refractivity contribution in [3.05, 3.63) is 0 Å². The average Bonchev–Trinajstić information content (AvgIpc) is 2.30. The first-order chi connectivity index (χ1) is 7.77. The first kappa shape index (κ1) is 13.5. The SMILES string of the molecule is CCOCCC(=O)NC1CCCCC1CC. The third-order valence-electron chi connectivity index (χ3n) is 3.46. The maximum absolute atomic E-state index is 11.7. The molecule has 0 aliphatic heterocycles. The normalized spacial score (nSPS) is 25.4. The number of hydrogen-bond donors (Lipinski definition) is 1. The molecule has 0 aromatic carbocycles. The van der Waals surface area contributed by atoms with Gasteiger partial charge in [0.1, 0.15) is 0 Å². The number of ether oxygens (including phenoxy) is 1. The Bertz CT molecular complexity index is 206. The van der Waals surface area contributed by atoms with Gasteiger partial charge in [-0.2, -0.15) is 0 Å². The monoisotopic (exact) mass is 227 g/mol. The van der Waals surface area contributed by atoms with Gasteiger partial charge in [0, 0.05) is 19.1 Å². The Hall–Kier alpha value is -0.570. The van der Waals surface area contributed by atoms with Gasteiger partial charge in [-0.3, -0.25) is 4.79 Å². The standard InChI is InChI=1S/C13H25NO2/c1-3-11-7-5-6-8-12(11)14-13(15)9-10-16-4-2/h11-12H,3-10H2,1-2H3,(H,14,15). The van der Waals surface area contributed by atoms with Gasteiger partial charge in [0.25, 0.3) is 0 Å². The van der Waals surface area contributed by atoms with Crippen LogP contribution in [0.5, 0.6) is 0 Å². The second kappa shape index (κ2) is 7.66. The summed E-state index contributed by atoms with van der Waals surface area (Å²) in [6.45, 7) is 5.40. The first-order valence-electron chi connectivity index (χ1n) is 6.65. The fraction of sp³-hybridized carbons (Fsp3) is 0.923. The van der Waals surface area contributed by atoms with Crippen LogP contribution >= 0.6 is 0 Å². The fourth-order valence-corrected chi connectivity index (χ4v) is 2.47. The highest BCUT2D eigenvalue weighted by atomic mass is 16.5. The van der Waals surface area contributed by atoms with Crippen LogP contribution in [0.25, 0.3) is 0 Å². The van der Waals surface area contributed by atoms with Gasteiger partial charge in [-0.15, -0.1) is 0 Å². The highest BCUT2D eigenvalue weighted by Crippen LogP contribution is 2.26. The molecule has 0 bridgehead atoms. The molecule has 0 saturated heterocycles. The zero-order valence-corrected chi connectivity index (χ0v) is 10.6. The number of carbonyl (C=O) groups is 1. The number of nitrogens with one attached hydrogen (secondary N) is 1. The molecule has 0 aromatic rings. The highest BCUT2D eigenvalue weighted by Gasteiger charge is 2.24. The minimum Gasteiger partial charge on any atom is -0.381 e. The van der Waals surface area contributed by atoms with Crippen LogP contribution in [0.4, 0.5) is 0 Å². The lowest BCUT2D eigenvalue weighted by Crippen LogP contribution is -2.42. The van der Waals surface area contributed by atoms with E-state index in [4.69, 9.17) is 4.74 Å². The molecule has 94 valence electrons. The molecule has 1 aliphatic carbocycles. The predicted molar refractivity (Wildman–Crippen MR) is 65.3 cm³/mol. The van der Waals surface area contributed by atoms with Gasteiger partial charge in [0.2, 0.25) is 5.91 Å². The van der Waals surface area contributed by atoms with E-state index in [1.54, 1.807) is 0 Å². The Labute approximate surface area is 98.9 Å². The van der Waals surface area contributed by atoms with Gasteiger partial charge in [-0.25, -0.2) is 0 Å². The third kappa shape index (κ3) is 4.52. The lowest BCUT2D eigenvalue weighted by molar-refractivity contribution is -0.123. The summed E-state index contributed by atoms with van der Waals surface area (Å²) in [7, 11) is 0. The van der Waals surface area contributed by atoms with E-state index in [9.17, 15) is 4.79 Å². The topological polar surface area (TPSA) is 38.3 Å². The van der Waals surface area contributed by atoms with Crippen molar-refractivity contribution in [1.82, 2.24) is 5.32 Å². The smallest absolute Gasteiger partial charge is 0.222 e. The molecule has 0 aromatic heterocycles. The molecule has 0 spiro atoms. The molecule has 2 atom stereocenters. The maximum atomic E-state index is 11.7. The number of hydrogen-bond acceptors (Lipinski definition) is 2. The third-order valence-corrected chi connectivity index (χ3v) is 3.46. The number of rotatable bonds is 6. The van der Waals surface area contributed by atoms with E-state index in [2.05, 4.69) is 12.2 Å². The molecule has 0 radical (unpaired) electrons. The molecular formula is C13H25NO2. The van der Waals surface area contributed by atoms with Gasteiger partial charge >= 0.3 is 0 Å². The predicted octanol–water partition coefficient (Wildman–Crippen LogP) is 2.50. The lowest BCUT2D eigenvalue weighted by atomic mass is 9.83. The molecular weight excluding hydrogens is 202 g/mol. The molecule has 3 heteroatoms. The van der Waals surface area contributed by atoms with Crippen LogP contribution < -0.4 is 5.32 Å². The summed E-state index contributed by atoms with van der Waals surface area (Å²) < 4.78 is 5.19. The second-order valence-corrected chi connectivity index (χ2v) is 4.57. The van der Waals surface area contributed by atoms with Crippen molar-refractivity contribution >= 4 is 5.91 Å². The molecule has 0 heterocycles. The molecule has 2 unspecified atom stereocenters. The van der Waals surface area contributed by atoms with Crippen LogP contribution in [0.3, 0.4) is 0 Å². The van der Waals surface area contributed by atoms with Crippen LogP contribution in [-0.4, -0.2) is 25.2 Å². The average molecular weight is 227 g/mol. The van der Waals surface area contributed by atoms with E-state index in [0.717, 1.165) is 6.42 Å². The highest BCUT2D eigenvalue weighted by molar-refractivity contribution is 5.76. The maximum Gasteiger partial charge on any atom is 0.222 e. The number of amides is 1. The molecule has 3 nitrogen and oxygen atoms in total. The Morgan fingerprint density at radius 2 is 2.06 bits per heavy atom. The van der Waals surface area contributed by atoms with Gasteiger partial charge < -0.3 is 10.1 Å². The first-order valence-corrected chi connectivity index (χ1v) is 6.65. The summed E-state index contributed by atoms with van der Waals surface area (Å²) >= 11 is 0. The van der Waals surface area contributed by atoms with Crippen molar-refractivity contribution < 1.29 is 9.53 Å². The Kier molecular flexibility index (Phi) is 6.46. The summed E-state index contributed by atoms with van der Waals surface area (Å²) in [5.74, 6) is 0.837. The zero-order chi connectivity index (χ0) is 11.8. The number of carbonyl (C=O) groups excluding carboxylic acids is 1. The van der Waals surface area contributed by atoms with Crippen molar-refractivity contribution in [3.8, 4) is 0 Å². The Morgan fingerprint density at radius 1 is 1.31 bits per heavy atom. The zero-order valence-electron chi connectivity index (χ0n) is 10.6. The lowest BCUT2D eigenvalue weighted by Gasteiger charge is -2.31. The molecule has 16 heavy (non-hydrogen) atoms. The molecule has 1 N–H and O–H groups in total. The van der Waals surface area contributed by atoms with Crippen LogP contribution in [0.1, 0.15) is 52.4 Å². The van der Waals surface area contributed by atoms with Crippen molar-refractivity contribution in [3.63, 3.8) is 0 Å². The Morgan fingerprint density at radius 3 is 2.75 bits per heavy atom. The van der Waals surface area contributed by atoms with Crippen molar-refractivity contribution in [2.75, 3.05) is 13.2 Å². The van der Waals surface area contributed by atoms with E-state index in [0.29, 0.717) is 31.6 Å². The minimum atomic E-state index is 0.152. The van der Waals surface area contributed by atoms with E-state index in [1.807, 2.05) is 6.92 Å². The second-order valence-electron chi connectivity index (χ2n) is 4.57. The quantitative estimate of drug-likeness (QED) is 0.708. The molecule has 1 fully saturated rings. The summed E-state index contributed by atoms with van der Waals surface area (Å²) in [4.78, 5) is 11.7. The van der Waals surface area contributed by atoms with E-state index in [1.165, 1.54) is 25.7 Å². The fourth-order valence-electron chi connectivity index (χ4n) is 2.47.